The van der Waals surface area contributed by atoms with E-state index in [1.165, 1.54) is 0 Å². The average molecular weight is 347 g/mol. The molecule has 0 amide bonds. The molecular weight excluding hydrogens is 339 g/mol. The van der Waals surface area contributed by atoms with Crippen molar-refractivity contribution in [1.82, 2.24) is 0 Å². The van der Waals surface area contributed by atoms with Gasteiger partial charge in [-0.2, -0.15) is 12.1 Å². The van der Waals surface area contributed by atoms with Gasteiger partial charge in [0.05, 0.1) is 0 Å². The normalized spacial score (nSPS) is 8.15. The fraction of sp³-hybridized carbons (Fsp3) is 0. The third-order valence-electron chi connectivity index (χ3n) is 1.27. The second-order valence-corrected chi connectivity index (χ2v) is 3.89. The van der Waals surface area contributed by atoms with Crippen molar-refractivity contribution in [2.24, 2.45) is 0 Å². The summed E-state index contributed by atoms with van der Waals surface area (Å²) in [6.45, 7) is 0. The van der Waals surface area contributed by atoms with Gasteiger partial charge in [0, 0.05) is 16.8 Å². The van der Waals surface area contributed by atoms with E-state index in [1.54, 1.807) is 0 Å². The van der Waals surface area contributed by atoms with Gasteiger partial charge < -0.3 is 30.3 Å². The van der Waals surface area contributed by atoms with E-state index in [0.717, 1.165) is 8.95 Å². The summed E-state index contributed by atoms with van der Waals surface area (Å²) in [5.74, 6) is 0. The summed E-state index contributed by atoms with van der Waals surface area (Å²) in [5.41, 5.74) is 0. The molecule has 0 nitrogen and oxygen atoms in total. The first-order valence-electron chi connectivity index (χ1n) is 3.54. The zero-order valence-electron chi connectivity index (χ0n) is 6.71. The van der Waals surface area contributed by atoms with Crippen LogP contribution in [-0.4, -0.2) is 0 Å². The summed E-state index contributed by atoms with van der Waals surface area (Å²) in [6.07, 6.45) is 0. The van der Waals surface area contributed by atoms with Crippen LogP contribution in [0.4, 0.5) is 0 Å². The maximum atomic E-state index is 3.32. The fourth-order valence-electron chi connectivity index (χ4n) is 0.697. The maximum Gasteiger partial charge on any atom is 0 e. The van der Waals surface area contributed by atoms with Gasteiger partial charge in [0.2, 0.25) is 0 Å². The summed E-state index contributed by atoms with van der Waals surface area (Å²) in [6, 6.07) is 16.0. The minimum absolute atomic E-state index is 0. The van der Waals surface area contributed by atoms with Crippen LogP contribution in [-0.2, 0) is 16.8 Å². The molecule has 0 spiro atoms. The van der Waals surface area contributed by atoms with Crippen LogP contribution in [0.2, 0.25) is 0 Å². The molecule has 0 unspecified atom stereocenters. The van der Waals surface area contributed by atoms with Crippen molar-refractivity contribution in [1.29, 1.82) is 0 Å². The molecule has 0 N–H and O–H groups in total. The van der Waals surface area contributed by atoms with E-state index in [-0.39, 0.29) is 16.8 Å². The van der Waals surface area contributed by atoms with E-state index >= 15 is 0 Å². The van der Waals surface area contributed by atoms with Crippen LogP contribution in [0.3, 0.4) is 0 Å². The monoisotopic (exact) mass is 345 g/mol. The van der Waals surface area contributed by atoms with Crippen LogP contribution < -0.4 is 0 Å². The SMILES string of the molecule is Brc1ccc[c-]1Br.[Co].[cH-]1[cH-][cH-][cH-][cH-]1. The van der Waals surface area contributed by atoms with E-state index in [0.29, 0.717) is 0 Å². The molecular formula is C10H8Br2Co-6. The van der Waals surface area contributed by atoms with Crippen molar-refractivity contribution in [3.63, 3.8) is 0 Å². The van der Waals surface area contributed by atoms with Crippen molar-refractivity contribution in [3.05, 3.63) is 57.5 Å². The van der Waals surface area contributed by atoms with E-state index in [1.807, 2.05) is 48.5 Å². The second kappa shape index (κ2) is 7.56. The zero-order valence-corrected chi connectivity index (χ0v) is 10.9. The van der Waals surface area contributed by atoms with Crippen LogP contribution in [0.5, 0.6) is 0 Å². The summed E-state index contributed by atoms with van der Waals surface area (Å²) in [5, 5.41) is 0. The molecule has 0 bridgehead atoms. The summed E-state index contributed by atoms with van der Waals surface area (Å²) >= 11 is 6.64. The van der Waals surface area contributed by atoms with Crippen LogP contribution in [0, 0.1) is 0 Å². The van der Waals surface area contributed by atoms with Crippen molar-refractivity contribution < 1.29 is 16.8 Å². The molecule has 1 radical (unpaired) electrons. The van der Waals surface area contributed by atoms with Gasteiger partial charge in [0.15, 0.2) is 0 Å². The molecule has 2 aromatic carbocycles. The summed E-state index contributed by atoms with van der Waals surface area (Å²) in [4.78, 5) is 0. The fourth-order valence-corrected chi connectivity index (χ4v) is 1.27. The molecule has 0 saturated carbocycles. The van der Waals surface area contributed by atoms with Gasteiger partial charge in [-0.3, -0.25) is 0 Å². The largest absolute Gasteiger partial charge is 0.748 e. The van der Waals surface area contributed by atoms with E-state index < -0.39 is 0 Å². The molecule has 0 aliphatic rings. The van der Waals surface area contributed by atoms with E-state index in [9.17, 15) is 0 Å². The molecule has 0 atom stereocenters. The van der Waals surface area contributed by atoms with Gasteiger partial charge in [-0.05, 0) is 0 Å². The molecule has 13 heavy (non-hydrogen) atoms. The predicted molar refractivity (Wildman–Crippen MR) is 59.5 cm³/mol. The predicted octanol–water partition coefficient (Wildman–Crippen LogP) is 4.33. The molecule has 0 aliphatic heterocycles. The first-order chi connectivity index (χ1) is 5.80. The Labute approximate surface area is 106 Å². The van der Waals surface area contributed by atoms with Gasteiger partial charge in [0.25, 0.3) is 0 Å². The minimum atomic E-state index is 0. The summed E-state index contributed by atoms with van der Waals surface area (Å²) in [7, 11) is 0. The van der Waals surface area contributed by atoms with Gasteiger partial charge in [-0.25, -0.2) is 6.07 Å². The Kier molecular flexibility index (Phi) is 7.66. The Morgan fingerprint density at radius 3 is 1.69 bits per heavy atom. The molecule has 2 rings (SSSR count). The molecule has 3 heteroatoms. The Hall–Kier alpha value is 0.166. The first kappa shape index (κ1) is 13.2. The second-order valence-electron chi connectivity index (χ2n) is 2.18. The van der Waals surface area contributed by atoms with Crippen molar-refractivity contribution >= 4 is 31.9 Å². The topological polar surface area (TPSA) is 0 Å². The molecule has 0 saturated heterocycles. The Bertz CT molecular complexity index is 265. The summed E-state index contributed by atoms with van der Waals surface area (Å²) < 4.78 is 2.24. The third kappa shape index (κ3) is 5.47. The first-order valence-corrected chi connectivity index (χ1v) is 5.12. The molecule has 0 aliphatic carbocycles. The van der Waals surface area contributed by atoms with Gasteiger partial charge in [-0.1, -0.05) is 24.9 Å². The third-order valence-corrected chi connectivity index (χ3v) is 3.18. The molecule has 0 fully saturated rings. The molecule has 2 aromatic rings. The van der Waals surface area contributed by atoms with Gasteiger partial charge in [-0.15, -0.1) is 15.9 Å². The van der Waals surface area contributed by atoms with Crippen LogP contribution in [0.15, 0.2) is 57.5 Å². The standard InChI is InChI=1S/C5H3Br2.C5H5.Co/c6-4-2-1-3-5(4)7;1-2-4-5-3-1;/h1-3H;1-5H;/q-1;-5;. The van der Waals surface area contributed by atoms with Crippen molar-refractivity contribution in [2.45, 2.75) is 0 Å². The number of hydrogen-bond donors (Lipinski definition) is 0. The average Bonchev–Trinajstić information content (AvgIpc) is 2.67. The van der Waals surface area contributed by atoms with Gasteiger partial charge >= 0.3 is 0 Å². The Morgan fingerprint density at radius 2 is 1.54 bits per heavy atom. The van der Waals surface area contributed by atoms with E-state index in [4.69, 9.17) is 0 Å². The van der Waals surface area contributed by atoms with E-state index in [2.05, 4.69) is 31.9 Å². The zero-order chi connectivity index (χ0) is 8.81. The number of rotatable bonds is 0. The van der Waals surface area contributed by atoms with Crippen LogP contribution >= 0.6 is 31.9 Å². The Morgan fingerprint density at radius 1 is 1.08 bits per heavy atom. The maximum absolute atomic E-state index is 3.32. The smallest absolute Gasteiger partial charge is 0 e. The van der Waals surface area contributed by atoms with Crippen molar-refractivity contribution in [3.8, 4) is 0 Å². The quantitative estimate of drug-likeness (QED) is 0.623. The number of hydrogen-bond acceptors (Lipinski definition) is 0. The molecule has 77 valence electrons. The van der Waals surface area contributed by atoms with Crippen LogP contribution in [0.25, 0.3) is 0 Å². The van der Waals surface area contributed by atoms with Gasteiger partial charge in [0.1, 0.15) is 0 Å². The minimum Gasteiger partial charge on any atom is -0.748 e. The van der Waals surface area contributed by atoms with Crippen LogP contribution in [0.1, 0.15) is 0 Å². The molecule has 0 heterocycles. The Balaban J connectivity index is 0.000000215. The van der Waals surface area contributed by atoms with Crippen molar-refractivity contribution in [2.75, 3.05) is 0 Å². The number of halogens is 2. The molecule has 0 aromatic heterocycles.